The summed E-state index contributed by atoms with van der Waals surface area (Å²) < 4.78 is 5.60. The summed E-state index contributed by atoms with van der Waals surface area (Å²) in [5, 5.41) is 0. The smallest absolute Gasteiger partial charge is 0.127 e. The molecule has 2 aromatic rings. The van der Waals surface area contributed by atoms with Gasteiger partial charge in [-0.15, -0.1) is 0 Å². The van der Waals surface area contributed by atoms with Gasteiger partial charge in [0, 0.05) is 5.69 Å². The van der Waals surface area contributed by atoms with Gasteiger partial charge < -0.3 is 10.5 Å². The molecule has 2 rings (SSSR count). The summed E-state index contributed by atoms with van der Waals surface area (Å²) in [6, 6.07) is 14.9. The number of benzene rings is 2. The Kier molecular flexibility index (Phi) is 2.59. The van der Waals surface area contributed by atoms with Crippen molar-refractivity contribution in [3.05, 3.63) is 61.0 Å². The molecule has 0 atom stereocenters. The topological polar surface area (TPSA) is 35.2 Å². The first-order valence-corrected chi connectivity index (χ1v) is 4.69. The Labute approximate surface area is 89.3 Å². The molecule has 1 radical (unpaired) electrons. The molecule has 2 heteroatoms. The van der Waals surface area contributed by atoms with Crippen molar-refractivity contribution in [1.29, 1.82) is 0 Å². The zero-order valence-corrected chi connectivity index (χ0v) is 8.31. The molecule has 2 nitrogen and oxygen atoms in total. The van der Waals surface area contributed by atoms with Gasteiger partial charge >= 0.3 is 0 Å². The van der Waals surface area contributed by atoms with E-state index in [1.165, 1.54) is 0 Å². The SMILES string of the molecule is [CH2]c1ccc(Oc2ccc(N)cc2)cc1. The first-order chi connectivity index (χ1) is 7.24. The Balaban J connectivity index is 2.15. The van der Waals surface area contributed by atoms with Crippen LogP contribution < -0.4 is 10.5 Å². The molecule has 0 fully saturated rings. The fourth-order valence-electron chi connectivity index (χ4n) is 1.23. The van der Waals surface area contributed by atoms with Gasteiger partial charge in [0.2, 0.25) is 0 Å². The second-order valence-corrected chi connectivity index (χ2v) is 3.32. The molecule has 2 N–H and O–H groups in total. The van der Waals surface area contributed by atoms with Crippen LogP contribution in [0.2, 0.25) is 0 Å². The minimum Gasteiger partial charge on any atom is -0.457 e. The van der Waals surface area contributed by atoms with Gasteiger partial charge in [0.05, 0.1) is 0 Å². The number of hydrogen-bond acceptors (Lipinski definition) is 2. The maximum atomic E-state index is 5.60. The Morgan fingerprint density at radius 3 is 1.80 bits per heavy atom. The first kappa shape index (κ1) is 9.59. The highest BCUT2D eigenvalue weighted by atomic mass is 16.5. The fraction of sp³-hybridized carbons (Fsp3) is 0. The number of hydrogen-bond donors (Lipinski definition) is 1. The molecule has 0 unspecified atom stereocenters. The van der Waals surface area contributed by atoms with Crippen molar-refractivity contribution in [2.24, 2.45) is 0 Å². The number of anilines is 1. The van der Waals surface area contributed by atoms with Crippen LogP contribution in [0.4, 0.5) is 5.69 Å². The largest absolute Gasteiger partial charge is 0.457 e. The summed E-state index contributed by atoms with van der Waals surface area (Å²) in [7, 11) is 0. The molecule has 2 aromatic carbocycles. The third-order valence-corrected chi connectivity index (χ3v) is 2.04. The van der Waals surface area contributed by atoms with E-state index in [4.69, 9.17) is 10.5 Å². The van der Waals surface area contributed by atoms with Crippen molar-refractivity contribution in [3.63, 3.8) is 0 Å². The van der Waals surface area contributed by atoms with Crippen LogP contribution in [0, 0.1) is 6.92 Å². The Bertz CT molecular complexity index is 388. The normalized spacial score (nSPS) is 9.93. The van der Waals surface area contributed by atoms with Crippen LogP contribution in [-0.4, -0.2) is 0 Å². The van der Waals surface area contributed by atoms with Crippen molar-refractivity contribution >= 4 is 5.69 Å². The molecule has 75 valence electrons. The van der Waals surface area contributed by atoms with E-state index in [0.717, 1.165) is 22.7 Å². The van der Waals surface area contributed by atoms with E-state index in [9.17, 15) is 0 Å². The first-order valence-electron chi connectivity index (χ1n) is 4.69. The van der Waals surface area contributed by atoms with Gasteiger partial charge in [0.1, 0.15) is 11.5 Å². The Hall–Kier alpha value is -1.96. The molecule has 0 spiro atoms. The van der Waals surface area contributed by atoms with Crippen LogP contribution in [0.3, 0.4) is 0 Å². The second-order valence-electron chi connectivity index (χ2n) is 3.32. The minimum atomic E-state index is 0.732. The van der Waals surface area contributed by atoms with Crippen molar-refractivity contribution in [2.45, 2.75) is 0 Å². The zero-order chi connectivity index (χ0) is 10.7. The molecular formula is C13H12NO. The summed E-state index contributed by atoms with van der Waals surface area (Å²) in [5.74, 6) is 1.58. The maximum absolute atomic E-state index is 5.60. The molecule has 0 aliphatic heterocycles. The molecule has 0 saturated carbocycles. The van der Waals surface area contributed by atoms with Gasteiger partial charge in [-0.05, 0) is 48.9 Å². The molecule has 0 heterocycles. The number of ether oxygens (including phenoxy) is 1. The highest BCUT2D eigenvalue weighted by Crippen LogP contribution is 2.22. The summed E-state index contributed by atoms with van der Waals surface area (Å²) in [6.45, 7) is 3.81. The molecule has 0 aromatic heterocycles. The molecular weight excluding hydrogens is 186 g/mol. The van der Waals surface area contributed by atoms with Gasteiger partial charge in [-0.3, -0.25) is 0 Å². The van der Waals surface area contributed by atoms with Crippen LogP contribution in [0.15, 0.2) is 48.5 Å². The Morgan fingerprint density at radius 1 is 0.800 bits per heavy atom. The second kappa shape index (κ2) is 4.05. The van der Waals surface area contributed by atoms with Crippen LogP contribution in [0.5, 0.6) is 11.5 Å². The van der Waals surface area contributed by atoms with E-state index < -0.39 is 0 Å². The number of nitrogens with two attached hydrogens (primary N) is 1. The van der Waals surface area contributed by atoms with Crippen LogP contribution >= 0.6 is 0 Å². The van der Waals surface area contributed by atoms with Gasteiger partial charge in [0.25, 0.3) is 0 Å². The van der Waals surface area contributed by atoms with Crippen molar-refractivity contribution in [2.75, 3.05) is 5.73 Å². The van der Waals surface area contributed by atoms with Gasteiger partial charge in [0.15, 0.2) is 0 Å². The van der Waals surface area contributed by atoms with E-state index in [-0.39, 0.29) is 0 Å². The standard InChI is InChI=1S/C13H12NO/c1-10-2-6-12(7-3-10)15-13-8-4-11(14)5-9-13/h2-9H,1,14H2. The lowest BCUT2D eigenvalue weighted by Crippen LogP contribution is -1.86. The monoisotopic (exact) mass is 198 g/mol. The Morgan fingerprint density at radius 2 is 1.27 bits per heavy atom. The third-order valence-electron chi connectivity index (χ3n) is 2.04. The van der Waals surface area contributed by atoms with E-state index in [1.54, 1.807) is 0 Å². The summed E-state index contributed by atoms with van der Waals surface area (Å²) in [6.07, 6.45) is 0. The van der Waals surface area contributed by atoms with Gasteiger partial charge in [-0.1, -0.05) is 12.1 Å². The predicted molar refractivity (Wildman–Crippen MR) is 61.8 cm³/mol. The summed E-state index contributed by atoms with van der Waals surface area (Å²) in [4.78, 5) is 0. The van der Waals surface area contributed by atoms with Gasteiger partial charge in [-0.25, -0.2) is 0 Å². The average molecular weight is 198 g/mol. The maximum Gasteiger partial charge on any atom is 0.127 e. The minimum absolute atomic E-state index is 0.732. The van der Waals surface area contributed by atoms with Crippen LogP contribution in [0.1, 0.15) is 5.56 Å². The van der Waals surface area contributed by atoms with E-state index in [1.807, 2.05) is 48.5 Å². The highest BCUT2D eigenvalue weighted by molar-refractivity contribution is 5.43. The number of rotatable bonds is 2. The van der Waals surface area contributed by atoms with E-state index in [2.05, 4.69) is 6.92 Å². The van der Waals surface area contributed by atoms with Gasteiger partial charge in [-0.2, -0.15) is 0 Å². The molecule has 0 bridgehead atoms. The zero-order valence-electron chi connectivity index (χ0n) is 8.31. The lowest BCUT2D eigenvalue weighted by atomic mass is 10.2. The molecule has 0 aliphatic carbocycles. The summed E-state index contributed by atoms with van der Waals surface area (Å²) in [5.41, 5.74) is 7.28. The molecule has 0 aliphatic rings. The van der Waals surface area contributed by atoms with Crippen molar-refractivity contribution in [1.82, 2.24) is 0 Å². The van der Waals surface area contributed by atoms with Crippen molar-refractivity contribution < 1.29 is 4.74 Å². The average Bonchev–Trinajstić information content (AvgIpc) is 2.25. The third kappa shape index (κ3) is 2.50. The van der Waals surface area contributed by atoms with E-state index in [0.29, 0.717) is 0 Å². The lowest BCUT2D eigenvalue weighted by Gasteiger charge is -2.05. The quantitative estimate of drug-likeness (QED) is 0.752. The van der Waals surface area contributed by atoms with Crippen molar-refractivity contribution in [3.8, 4) is 11.5 Å². The molecule has 0 amide bonds. The van der Waals surface area contributed by atoms with Crippen LogP contribution in [-0.2, 0) is 0 Å². The predicted octanol–water partition coefficient (Wildman–Crippen LogP) is 3.24. The number of nitrogen functional groups attached to an aromatic ring is 1. The van der Waals surface area contributed by atoms with E-state index >= 15 is 0 Å². The summed E-state index contributed by atoms with van der Waals surface area (Å²) >= 11 is 0. The lowest BCUT2D eigenvalue weighted by molar-refractivity contribution is 0.482. The highest BCUT2D eigenvalue weighted by Gasteiger charge is 1.95. The van der Waals surface area contributed by atoms with Crippen LogP contribution in [0.25, 0.3) is 0 Å². The molecule has 0 saturated heterocycles. The fourth-order valence-corrected chi connectivity index (χ4v) is 1.23. The molecule has 15 heavy (non-hydrogen) atoms.